The van der Waals surface area contributed by atoms with Crippen molar-refractivity contribution in [1.29, 1.82) is 0 Å². The zero-order valence-corrected chi connectivity index (χ0v) is 7.86. The quantitative estimate of drug-likeness (QED) is 0.582. The summed E-state index contributed by atoms with van der Waals surface area (Å²) in [7, 11) is 0. The van der Waals surface area contributed by atoms with Gasteiger partial charge >= 0.3 is 0 Å². The molecule has 4 atom stereocenters. The van der Waals surface area contributed by atoms with Crippen LogP contribution in [0.15, 0.2) is 0 Å². The zero-order valence-electron chi connectivity index (χ0n) is 7.86. The molecule has 4 unspecified atom stereocenters. The molecule has 0 aromatic heterocycles. The Morgan fingerprint density at radius 1 is 0.923 bits per heavy atom. The van der Waals surface area contributed by atoms with Crippen molar-refractivity contribution >= 4 is 0 Å². The molecule has 0 N–H and O–H groups in total. The molecule has 0 radical (unpaired) electrons. The SMILES string of the molecule is CC1(C)OC(C2CO2)C(C2CO2)O1. The van der Waals surface area contributed by atoms with Gasteiger partial charge in [-0.15, -0.1) is 0 Å². The minimum atomic E-state index is -0.479. The highest BCUT2D eigenvalue weighted by atomic mass is 16.8. The summed E-state index contributed by atoms with van der Waals surface area (Å²) in [5.74, 6) is -0.479. The van der Waals surface area contributed by atoms with E-state index in [9.17, 15) is 0 Å². The van der Waals surface area contributed by atoms with Crippen molar-refractivity contribution in [1.82, 2.24) is 0 Å². The molecule has 74 valence electrons. The van der Waals surface area contributed by atoms with Gasteiger partial charge in [0, 0.05) is 0 Å². The van der Waals surface area contributed by atoms with Gasteiger partial charge in [-0.3, -0.25) is 0 Å². The molecule has 3 aliphatic heterocycles. The maximum atomic E-state index is 5.76. The van der Waals surface area contributed by atoms with Crippen LogP contribution < -0.4 is 0 Å². The van der Waals surface area contributed by atoms with Gasteiger partial charge in [-0.1, -0.05) is 0 Å². The summed E-state index contributed by atoms with van der Waals surface area (Å²) in [6.45, 7) is 5.47. The summed E-state index contributed by atoms with van der Waals surface area (Å²) >= 11 is 0. The van der Waals surface area contributed by atoms with Gasteiger partial charge in [0.2, 0.25) is 0 Å². The summed E-state index contributed by atoms with van der Waals surface area (Å²) in [5, 5.41) is 0. The molecule has 3 heterocycles. The Morgan fingerprint density at radius 2 is 1.31 bits per heavy atom. The monoisotopic (exact) mass is 186 g/mol. The van der Waals surface area contributed by atoms with E-state index in [1.165, 1.54) is 0 Å². The summed E-state index contributed by atoms with van der Waals surface area (Å²) in [5.41, 5.74) is 0. The average Bonchev–Trinajstić information content (AvgIpc) is 2.90. The van der Waals surface area contributed by atoms with Crippen molar-refractivity contribution in [3.05, 3.63) is 0 Å². The van der Waals surface area contributed by atoms with Crippen molar-refractivity contribution in [2.24, 2.45) is 0 Å². The van der Waals surface area contributed by atoms with E-state index in [1.54, 1.807) is 0 Å². The van der Waals surface area contributed by atoms with Gasteiger partial charge in [-0.2, -0.15) is 0 Å². The van der Waals surface area contributed by atoms with Crippen molar-refractivity contribution in [2.75, 3.05) is 13.2 Å². The number of hydrogen-bond acceptors (Lipinski definition) is 4. The molecule has 3 rings (SSSR count). The third-order valence-electron chi connectivity index (χ3n) is 2.61. The van der Waals surface area contributed by atoms with E-state index in [-0.39, 0.29) is 24.4 Å². The molecule has 0 spiro atoms. The van der Waals surface area contributed by atoms with E-state index in [0.717, 1.165) is 13.2 Å². The van der Waals surface area contributed by atoms with Gasteiger partial charge in [0.15, 0.2) is 5.79 Å². The first-order valence-corrected chi connectivity index (χ1v) is 4.74. The first-order valence-electron chi connectivity index (χ1n) is 4.74. The molecule has 13 heavy (non-hydrogen) atoms. The zero-order chi connectivity index (χ0) is 9.05. The number of epoxide rings is 2. The number of ether oxygens (including phenoxy) is 4. The summed E-state index contributed by atoms with van der Waals surface area (Å²) < 4.78 is 22.0. The predicted octanol–water partition coefficient (Wildman–Crippen LogP) is 0.304. The molecule has 4 nitrogen and oxygen atoms in total. The predicted molar refractivity (Wildman–Crippen MR) is 43.3 cm³/mol. The Morgan fingerprint density at radius 3 is 1.62 bits per heavy atom. The molecule has 3 aliphatic rings. The molecule has 0 bridgehead atoms. The number of hydrogen-bond donors (Lipinski definition) is 0. The van der Waals surface area contributed by atoms with Crippen LogP contribution in [0.5, 0.6) is 0 Å². The maximum Gasteiger partial charge on any atom is 0.164 e. The standard InChI is InChI=1S/C9H14O4/c1-9(2)12-7(5-3-10-5)8(13-9)6-4-11-6/h5-8H,3-4H2,1-2H3. The lowest BCUT2D eigenvalue weighted by atomic mass is 10.1. The first-order chi connectivity index (χ1) is 6.16. The smallest absolute Gasteiger partial charge is 0.164 e. The summed E-state index contributed by atoms with van der Waals surface area (Å²) in [6.07, 6.45) is 0.608. The summed E-state index contributed by atoms with van der Waals surface area (Å²) in [6, 6.07) is 0. The highest BCUT2D eigenvalue weighted by Crippen LogP contribution is 2.39. The van der Waals surface area contributed by atoms with Gasteiger partial charge in [0.1, 0.15) is 24.4 Å². The first kappa shape index (κ1) is 8.17. The third-order valence-corrected chi connectivity index (χ3v) is 2.61. The van der Waals surface area contributed by atoms with Gasteiger partial charge in [-0.05, 0) is 13.8 Å². The fourth-order valence-corrected chi connectivity index (χ4v) is 1.88. The highest BCUT2D eigenvalue weighted by Gasteiger charge is 2.55. The molecular weight excluding hydrogens is 172 g/mol. The summed E-state index contributed by atoms with van der Waals surface area (Å²) in [4.78, 5) is 0. The fraction of sp³-hybridized carbons (Fsp3) is 1.00. The van der Waals surface area contributed by atoms with Crippen LogP contribution in [0.25, 0.3) is 0 Å². The molecular formula is C9H14O4. The molecule has 0 amide bonds. The molecule has 4 heteroatoms. The van der Waals surface area contributed by atoms with Crippen molar-refractivity contribution in [3.63, 3.8) is 0 Å². The maximum absolute atomic E-state index is 5.76. The lowest BCUT2D eigenvalue weighted by Crippen LogP contribution is -2.32. The van der Waals surface area contributed by atoms with E-state index < -0.39 is 5.79 Å². The van der Waals surface area contributed by atoms with Gasteiger partial charge in [-0.25, -0.2) is 0 Å². The number of rotatable bonds is 2. The second kappa shape index (κ2) is 2.45. The van der Waals surface area contributed by atoms with Crippen molar-refractivity contribution in [2.45, 2.75) is 44.1 Å². The van der Waals surface area contributed by atoms with Crippen LogP contribution >= 0.6 is 0 Å². The molecule has 0 saturated carbocycles. The highest BCUT2D eigenvalue weighted by molar-refractivity contribution is 4.98. The normalized spacial score (nSPS) is 52.2. The van der Waals surface area contributed by atoms with E-state index in [1.807, 2.05) is 13.8 Å². The van der Waals surface area contributed by atoms with Crippen LogP contribution in [0.2, 0.25) is 0 Å². The largest absolute Gasteiger partial charge is 0.370 e. The van der Waals surface area contributed by atoms with Gasteiger partial charge in [0.25, 0.3) is 0 Å². The van der Waals surface area contributed by atoms with Crippen molar-refractivity contribution in [3.8, 4) is 0 Å². The molecule has 0 aromatic carbocycles. The minimum absolute atomic E-state index is 0.0718. The lowest BCUT2D eigenvalue weighted by Gasteiger charge is -2.16. The minimum Gasteiger partial charge on any atom is -0.370 e. The van der Waals surface area contributed by atoms with Crippen LogP contribution in [0, 0.1) is 0 Å². The fourth-order valence-electron chi connectivity index (χ4n) is 1.88. The Hall–Kier alpha value is -0.160. The van der Waals surface area contributed by atoms with E-state index in [4.69, 9.17) is 18.9 Å². The van der Waals surface area contributed by atoms with Crippen LogP contribution in [0.4, 0.5) is 0 Å². The van der Waals surface area contributed by atoms with Crippen LogP contribution in [-0.4, -0.2) is 43.4 Å². The van der Waals surface area contributed by atoms with Crippen LogP contribution in [0.1, 0.15) is 13.8 Å². The third kappa shape index (κ3) is 1.48. The Balaban J connectivity index is 1.75. The average molecular weight is 186 g/mol. The van der Waals surface area contributed by atoms with E-state index in [0.29, 0.717) is 0 Å². The molecule has 0 aliphatic carbocycles. The van der Waals surface area contributed by atoms with Crippen molar-refractivity contribution < 1.29 is 18.9 Å². The van der Waals surface area contributed by atoms with Crippen LogP contribution in [0.3, 0.4) is 0 Å². The van der Waals surface area contributed by atoms with Gasteiger partial charge < -0.3 is 18.9 Å². The molecule has 3 fully saturated rings. The van der Waals surface area contributed by atoms with E-state index >= 15 is 0 Å². The second-order valence-corrected chi connectivity index (χ2v) is 4.31. The molecule has 0 aromatic rings. The second-order valence-electron chi connectivity index (χ2n) is 4.31. The molecule has 3 saturated heterocycles. The topological polar surface area (TPSA) is 43.5 Å². The Bertz CT molecular complexity index is 198. The van der Waals surface area contributed by atoms with E-state index in [2.05, 4.69) is 0 Å². The van der Waals surface area contributed by atoms with Crippen LogP contribution in [-0.2, 0) is 18.9 Å². The Labute approximate surface area is 77.1 Å². The van der Waals surface area contributed by atoms with Gasteiger partial charge in [0.05, 0.1) is 13.2 Å². The lowest BCUT2D eigenvalue weighted by molar-refractivity contribution is -0.149. The Kier molecular flexibility index (Phi) is 1.54.